The zero-order valence-electron chi connectivity index (χ0n) is 14.5. The third kappa shape index (κ3) is 3.83. The number of hydrogen-bond acceptors (Lipinski definition) is 4. The van der Waals surface area contributed by atoms with E-state index in [9.17, 15) is 4.79 Å². The maximum atomic E-state index is 11.0. The lowest BCUT2D eigenvalue weighted by atomic mass is 10.1. The van der Waals surface area contributed by atoms with E-state index >= 15 is 0 Å². The molecule has 0 atom stereocenters. The Hall–Kier alpha value is -2.92. The van der Waals surface area contributed by atoms with Gasteiger partial charge < -0.3 is 10.4 Å². The number of aromatic nitrogens is 2. The lowest BCUT2D eigenvalue weighted by Crippen LogP contribution is -2.05. The number of anilines is 2. The van der Waals surface area contributed by atoms with Crippen molar-refractivity contribution in [2.45, 2.75) is 20.3 Å². The highest BCUT2D eigenvalue weighted by Crippen LogP contribution is 2.26. The Balaban J connectivity index is 1.99. The van der Waals surface area contributed by atoms with Gasteiger partial charge in [-0.3, -0.25) is 0 Å². The third-order valence-corrected chi connectivity index (χ3v) is 4.32. The fourth-order valence-electron chi connectivity index (χ4n) is 2.68. The van der Waals surface area contributed by atoms with Gasteiger partial charge in [0, 0.05) is 27.5 Å². The second kappa shape index (κ2) is 7.54. The van der Waals surface area contributed by atoms with Crippen molar-refractivity contribution < 1.29 is 9.90 Å². The molecule has 0 amide bonds. The summed E-state index contributed by atoms with van der Waals surface area (Å²) in [6.45, 7) is 4.00. The average Bonchev–Trinajstić information content (AvgIpc) is 2.62. The molecule has 3 aromatic rings. The largest absolute Gasteiger partial charge is 0.478 e. The molecule has 6 heteroatoms. The summed E-state index contributed by atoms with van der Waals surface area (Å²) in [6.07, 6.45) is 0.780. The van der Waals surface area contributed by atoms with Gasteiger partial charge in [-0.2, -0.15) is 0 Å². The van der Waals surface area contributed by atoms with Gasteiger partial charge in [0.2, 0.25) is 0 Å². The van der Waals surface area contributed by atoms with E-state index in [-0.39, 0.29) is 5.56 Å². The Labute approximate surface area is 156 Å². The van der Waals surface area contributed by atoms with Crippen LogP contribution < -0.4 is 5.32 Å². The second-order valence-corrected chi connectivity index (χ2v) is 6.26. The average molecular weight is 368 g/mol. The number of hydrogen-bond donors (Lipinski definition) is 2. The van der Waals surface area contributed by atoms with E-state index in [1.807, 2.05) is 26.0 Å². The summed E-state index contributed by atoms with van der Waals surface area (Å²) in [5.41, 5.74) is 3.81. The Morgan fingerprint density at radius 2 is 1.73 bits per heavy atom. The summed E-state index contributed by atoms with van der Waals surface area (Å²) in [7, 11) is 0. The first-order chi connectivity index (χ1) is 12.5. The Morgan fingerprint density at radius 3 is 2.31 bits per heavy atom. The van der Waals surface area contributed by atoms with Crippen LogP contribution in [0.3, 0.4) is 0 Å². The molecule has 0 bridgehead atoms. The van der Waals surface area contributed by atoms with Crippen LogP contribution in [0.4, 0.5) is 11.5 Å². The number of halogens is 1. The highest BCUT2D eigenvalue weighted by molar-refractivity contribution is 6.30. The summed E-state index contributed by atoms with van der Waals surface area (Å²) in [4.78, 5) is 20.3. The van der Waals surface area contributed by atoms with Gasteiger partial charge in [0.1, 0.15) is 5.82 Å². The van der Waals surface area contributed by atoms with Crippen molar-refractivity contribution in [3.8, 4) is 11.4 Å². The van der Waals surface area contributed by atoms with Crippen molar-refractivity contribution in [1.82, 2.24) is 9.97 Å². The van der Waals surface area contributed by atoms with Gasteiger partial charge in [0.05, 0.1) is 5.56 Å². The van der Waals surface area contributed by atoms with Crippen LogP contribution in [0.5, 0.6) is 0 Å². The molecule has 0 spiro atoms. The van der Waals surface area contributed by atoms with Gasteiger partial charge in [-0.1, -0.05) is 18.5 Å². The van der Waals surface area contributed by atoms with Crippen LogP contribution in [-0.2, 0) is 6.42 Å². The topological polar surface area (TPSA) is 75.1 Å². The number of carboxylic acids is 1. The molecule has 0 unspecified atom stereocenters. The van der Waals surface area contributed by atoms with E-state index < -0.39 is 5.97 Å². The SMILES string of the molecule is CCc1c(C)nc(-c2ccc(Cl)cc2)nc1Nc1ccc(C(=O)O)cc1. The molecule has 5 nitrogen and oxygen atoms in total. The highest BCUT2D eigenvalue weighted by atomic mass is 35.5. The Kier molecular flexibility index (Phi) is 5.19. The van der Waals surface area contributed by atoms with Crippen molar-refractivity contribution in [3.63, 3.8) is 0 Å². The number of aryl methyl sites for hydroxylation is 1. The molecular formula is C20H18ClN3O2. The summed E-state index contributed by atoms with van der Waals surface area (Å²) >= 11 is 5.96. The number of benzene rings is 2. The minimum Gasteiger partial charge on any atom is -0.478 e. The molecule has 0 saturated carbocycles. The fourth-order valence-corrected chi connectivity index (χ4v) is 2.81. The Bertz CT molecular complexity index is 939. The van der Waals surface area contributed by atoms with E-state index in [2.05, 4.69) is 15.3 Å². The lowest BCUT2D eigenvalue weighted by Gasteiger charge is -2.14. The van der Waals surface area contributed by atoms with E-state index in [0.29, 0.717) is 16.7 Å². The molecule has 1 heterocycles. The molecule has 0 aliphatic carbocycles. The number of nitrogens with one attached hydrogen (secondary N) is 1. The minimum atomic E-state index is -0.950. The molecule has 132 valence electrons. The normalized spacial score (nSPS) is 10.6. The summed E-state index contributed by atoms with van der Waals surface area (Å²) in [5.74, 6) is 0.378. The molecule has 1 aromatic heterocycles. The summed E-state index contributed by atoms with van der Waals surface area (Å²) in [5, 5.41) is 13.0. The van der Waals surface area contributed by atoms with Crippen molar-refractivity contribution >= 4 is 29.1 Å². The number of aromatic carboxylic acids is 1. The highest BCUT2D eigenvalue weighted by Gasteiger charge is 2.12. The van der Waals surface area contributed by atoms with E-state index in [4.69, 9.17) is 16.7 Å². The molecule has 2 N–H and O–H groups in total. The molecule has 0 aliphatic rings. The molecule has 26 heavy (non-hydrogen) atoms. The quantitative estimate of drug-likeness (QED) is 0.655. The summed E-state index contributed by atoms with van der Waals surface area (Å²) in [6, 6.07) is 13.9. The van der Waals surface area contributed by atoms with Gasteiger partial charge in [0.25, 0.3) is 0 Å². The monoisotopic (exact) mass is 367 g/mol. The smallest absolute Gasteiger partial charge is 0.335 e. The molecule has 0 radical (unpaired) electrons. The zero-order chi connectivity index (χ0) is 18.7. The van der Waals surface area contributed by atoms with Gasteiger partial charge in [-0.15, -0.1) is 0 Å². The third-order valence-electron chi connectivity index (χ3n) is 4.06. The number of carbonyl (C=O) groups is 1. The molecule has 0 aliphatic heterocycles. The van der Waals surface area contributed by atoms with E-state index in [1.165, 1.54) is 0 Å². The van der Waals surface area contributed by atoms with Crippen molar-refractivity contribution in [3.05, 3.63) is 70.4 Å². The van der Waals surface area contributed by atoms with E-state index in [1.54, 1.807) is 36.4 Å². The fraction of sp³-hybridized carbons (Fsp3) is 0.150. The second-order valence-electron chi connectivity index (χ2n) is 5.83. The van der Waals surface area contributed by atoms with Gasteiger partial charge in [-0.25, -0.2) is 14.8 Å². The molecule has 0 fully saturated rings. The number of rotatable bonds is 5. The van der Waals surface area contributed by atoms with Gasteiger partial charge in [-0.05, 0) is 61.9 Å². The van der Waals surface area contributed by atoms with Crippen LogP contribution in [0.15, 0.2) is 48.5 Å². The van der Waals surface area contributed by atoms with Crippen molar-refractivity contribution in [2.24, 2.45) is 0 Å². The molecule has 0 saturated heterocycles. The molecular weight excluding hydrogens is 350 g/mol. The van der Waals surface area contributed by atoms with Crippen molar-refractivity contribution in [2.75, 3.05) is 5.32 Å². The van der Waals surface area contributed by atoms with Crippen LogP contribution in [0, 0.1) is 6.92 Å². The molecule has 2 aromatic carbocycles. The molecule has 3 rings (SSSR count). The first-order valence-electron chi connectivity index (χ1n) is 8.21. The van der Waals surface area contributed by atoms with Crippen LogP contribution in [0.2, 0.25) is 5.02 Å². The van der Waals surface area contributed by atoms with Crippen molar-refractivity contribution in [1.29, 1.82) is 0 Å². The Morgan fingerprint density at radius 1 is 1.08 bits per heavy atom. The lowest BCUT2D eigenvalue weighted by molar-refractivity contribution is 0.0697. The standard InChI is InChI=1S/C20H18ClN3O2/c1-3-17-12(2)22-18(13-4-8-15(21)9-5-13)24-19(17)23-16-10-6-14(7-11-16)20(25)26/h4-11H,3H2,1-2H3,(H,25,26)(H,22,23,24). The summed E-state index contributed by atoms with van der Waals surface area (Å²) < 4.78 is 0. The maximum Gasteiger partial charge on any atom is 0.335 e. The van der Waals surface area contributed by atoms with E-state index in [0.717, 1.165) is 28.9 Å². The maximum absolute atomic E-state index is 11.0. The predicted molar refractivity (Wildman–Crippen MR) is 103 cm³/mol. The van der Waals surface area contributed by atoms with Crippen LogP contribution >= 0.6 is 11.6 Å². The van der Waals surface area contributed by atoms with Crippen LogP contribution in [-0.4, -0.2) is 21.0 Å². The number of nitrogens with zero attached hydrogens (tertiary/aromatic N) is 2. The zero-order valence-corrected chi connectivity index (χ0v) is 15.2. The predicted octanol–water partition coefficient (Wildman–Crippen LogP) is 5.11. The first kappa shape index (κ1) is 17.9. The minimum absolute atomic E-state index is 0.243. The van der Waals surface area contributed by atoms with Gasteiger partial charge in [0.15, 0.2) is 5.82 Å². The van der Waals surface area contributed by atoms with Gasteiger partial charge >= 0.3 is 5.97 Å². The van der Waals surface area contributed by atoms with Crippen LogP contribution in [0.25, 0.3) is 11.4 Å². The number of carboxylic acid groups (broad SMARTS) is 1. The first-order valence-corrected chi connectivity index (χ1v) is 8.59. The van der Waals surface area contributed by atoms with Crippen LogP contribution in [0.1, 0.15) is 28.5 Å².